The quantitative estimate of drug-likeness (QED) is 0.467. The van der Waals surface area contributed by atoms with Crippen LogP contribution >= 0.6 is 0 Å². The topological polar surface area (TPSA) is 68.2 Å². The highest BCUT2D eigenvalue weighted by molar-refractivity contribution is 6.54. The standard InChI is InChI=1S/C17H27BO5/c1-16(2)17(3,4)23-18(22-16)14-9-12(13(10-14)11-19)7-6-8-15(20)21-5/h10,12-13,15,19-20H,7,9,11H2,1-5H3. The van der Waals surface area contributed by atoms with Crippen molar-refractivity contribution >= 4 is 7.12 Å². The van der Waals surface area contributed by atoms with Crippen molar-refractivity contribution in [1.29, 1.82) is 0 Å². The molecule has 0 saturated carbocycles. The van der Waals surface area contributed by atoms with E-state index in [2.05, 4.69) is 17.9 Å². The van der Waals surface area contributed by atoms with Crippen LogP contribution in [0.2, 0.25) is 0 Å². The highest BCUT2D eigenvalue weighted by Gasteiger charge is 2.53. The van der Waals surface area contributed by atoms with Gasteiger partial charge in [-0.2, -0.15) is 0 Å². The van der Waals surface area contributed by atoms with Crippen LogP contribution in [0.4, 0.5) is 0 Å². The molecule has 2 N–H and O–H groups in total. The van der Waals surface area contributed by atoms with Crippen molar-refractivity contribution in [2.45, 2.75) is 58.0 Å². The van der Waals surface area contributed by atoms with Crippen LogP contribution < -0.4 is 0 Å². The van der Waals surface area contributed by atoms with Crippen LogP contribution in [0, 0.1) is 23.7 Å². The van der Waals surface area contributed by atoms with Gasteiger partial charge in [0.25, 0.3) is 0 Å². The maximum atomic E-state index is 9.61. The molecule has 0 bridgehead atoms. The summed E-state index contributed by atoms with van der Waals surface area (Å²) in [6.45, 7) is 8.19. The first-order valence-corrected chi connectivity index (χ1v) is 8.06. The van der Waals surface area contributed by atoms with Gasteiger partial charge in [-0.25, -0.2) is 0 Å². The Morgan fingerprint density at radius 1 is 1.35 bits per heavy atom. The fourth-order valence-electron chi connectivity index (χ4n) is 2.86. The zero-order valence-corrected chi connectivity index (χ0v) is 14.6. The van der Waals surface area contributed by atoms with Crippen LogP contribution in [-0.4, -0.2) is 48.5 Å². The molecule has 128 valence electrons. The molecule has 0 aromatic carbocycles. The van der Waals surface area contributed by atoms with E-state index in [9.17, 15) is 10.2 Å². The molecule has 5 nitrogen and oxygen atoms in total. The summed E-state index contributed by atoms with van der Waals surface area (Å²) in [6, 6.07) is 0. The van der Waals surface area contributed by atoms with Crippen molar-refractivity contribution in [2.75, 3.05) is 13.7 Å². The molecule has 2 rings (SSSR count). The van der Waals surface area contributed by atoms with Gasteiger partial charge in [-0.1, -0.05) is 12.0 Å². The van der Waals surface area contributed by atoms with E-state index in [1.165, 1.54) is 7.11 Å². The van der Waals surface area contributed by atoms with Crippen LogP contribution in [0.5, 0.6) is 0 Å². The van der Waals surface area contributed by atoms with Crippen molar-refractivity contribution in [3.05, 3.63) is 11.5 Å². The maximum absolute atomic E-state index is 9.61. The summed E-state index contributed by atoms with van der Waals surface area (Å²) in [5.41, 5.74) is 0.336. The highest BCUT2D eigenvalue weighted by Crippen LogP contribution is 2.42. The molecule has 0 aromatic heterocycles. The second kappa shape index (κ2) is 6.96. The van der Waals surface area contributed by atoms with Gasteiger partial charge < -0.3 is 24.3 Å². The molecule has 0 radical (unpaired) electrons. The predicted molar refractivity (Wildman–Crippen MR) is 88.3 cm³/mol. The van der Waals surface area contributed by atoms with Gasteiger partial charge in [0, 0.05) is 26.1 Å². The number of aliphatic hydroxyl groups is 2. The largest absolute Gasteiger partial charge is 0.490 e. The Hall–Kier alpha value is -0.835. The first kappa shape index (κ1) is 18.5. The number of hydrogen-bond donors (Lipinski definition) is 2. The monoisotopic (exact) mass is 322 g/mol. The molecule has 0 aromatic rings. The summed E-state index contributed by atoms with van der Waals surface area (Å²) >= 11 is 0. The van der Waals surface area contributed by atoms with E-state index in [0.29, 0.717) is 6.42 Å². The van der Waals surface area contributed by atoms with Gasteiger partial charge in [-0.3, -0.25) is 0 Å². The number of methoxy groups -OCH3 is 1. The van der Waals surface area contributed by atoms with Gasteiger partial charge in [0.1, 0.15) is 0 Å². The third-order valence-corrected chi connectivity index (χ3v) is 5.11. The summed E-state index contributed by atoms with van der Waals surface area (Å²) in [5, 5.41) is 18.9. The van der Waals surface area contributed by atoms with E-state index >= 15 is 0 Å². The minimum atomic E-state index is -1.06. The minimum Gasteiger partial charge on any atom is -0.400 e. The Morgan fingerprint density at radius 2 is 1.96 bits per heavy atom. The molecule has 6 heteroatoms. The first-order valence-electron chi connectivity index (χ1n) is 8.06. The average molecular weight is 322 g/mol. The van der Waals surface area contributed by atoms with Gasteiger partial charge in [-0.15, -0.1) is 0 Å². The van der Waals surface area contributed by atoms with Gasteiger partial charge >= 0.3 is 7.12 Å². The van der Waals surface area contributed by atoms with E-state index in [4.69, 9.17) is 14.0 Å². The van der Waals surface area contributed by atoms with Crippen LogP contribution in [0.3, 0.4) is 0 Å². The Labute approximate surface area is 139 Å². The molecule has 1 aliphatic heterocycles. The predicted octanol–water partition coefficient (Wildman–Crippen LogP) is 1.53. The van der Waals surface area contributed by atoms with Gasteiger partial charge in [0.05, 0.1) is 11.2 Å². The fraction of sp³-hybridized carbons (Fsp3) is 0.765. The lowest BCUT2D eigenvalue weighted by Crippen LogP contribution is -2.41. The summed E-state index contributed by atoms with van der Waals surface area (Å²) in [6.07, 6.45) is 2.37. The zero-order valence-electron chi connectivity index (χ0n) is 14.6. The Morgan fingerprint density at radius 3 is 2.48 bits per heavy atom. The Bertz CT molecular complexity index is 501. The molecule has 23 heavy (non-hydrogen) atoms. The van der Waals surface area contributed by atoms with Gasteiger partial charge in [0.2, 0.25) is 6.29 Å². The van der Waals surface area contributed by atoms with E-state index in [1.54, 1.807) is 0 Å². The molecule has 1 aliphatic carbocycles. The molecule has 0 amide bonds. The van der Waals surface area contributed by atoms with Crippen molar-refractivity contribution in [2.24, 2.45) is 11.8 Å². The number of rotatable bonds is 4. The number of hydrogen-bond acceptors (Lipinski definition) is 5. The normalized spacial score (nSPS) is 29.9. The third kappa shape index (κ3) is 3.99. The number of allylic oxidation sites excluding steroid dienone is 1. The first-order chi connectivity index (χ1) is 10.7. The SMILES string of the molecule is COC(O)C#CCC1CC(B2OC(C)(C)C(C)(C)O2)=CC1CO. The third-order valence-electron chi connectivity index (χ3n) is 5.11. The molecular formula is C17H27BO5. The summed E-state index contributed by atoms with van der Waals surface area (Å²) in [4.78, 5) is 0. The van der Waals surface area contributed by atoms with E-state index < -0.39 is 6.29 Å². The lowest BCUT2D eigenvalue weighted by atomic mass is 9.76. The lowest BCUT2D eigenvalue weighted by molar-refractivity contribution is -0.0281. The van der Waals surface area contributed by atoms with E-state index in [-0.39, 0.29) is 36.8 Å². The minimum absolute atomic E-state index is 0.0398. The molecule has 1 fully saturated rings. The molecule has 2 aliphatic rings. The van der Waals surface area contributed by atoms with Crippen LogP contribution in [0.15, 0.2) is 11.5 Å². The van der Waals surface area contributed by atoms with E-state index in [1.807, 2.05) is 27.7 Å². The maximum Gasteiger partial charge on any atom is 0.490 e. The second-order valence-electron chi connectivity index (χ2n) is 7.25. The molecule has 3 atom stereocenters. The highest BCUT2D eigenvalue weighted by atomic mass is 16.7. The molecule has 3 unspecified atom stereocenters. The van der Waals surface area contributed by atoms with Crippen molar-refractivity contribution in [3.8, 4) is 11.8 Å². The van der Waals surface area contributed by atoms with E-state index in [0.717, 1.165) is 11.9 Å². The molecule has 1 saturated heterocycles. The fourth-order valence-corrected chi connectivity index (χ4v) is 2.86. The Kier molecular flexibility index (Phi) is 5.60. The van der Waals surface area contributed by atoms with Crippen molar-refractivity contribution in [3.63, 3.8) is 0 Å². The van der Waals surface area contributed by atoms with Gasteiger partial charge in [-0.05, 0) is 51.4 Å². The van der Waals surface area contributed by atoms with Crippen molar-refractivity contribution < 1.29 is 24.3 Å². The molecular weight excluding hydrogens is 295 g/mol. The second-order valence-corrected chi connectivity index (χ2v) is 7.25. The summed E-state index contributed by atoms with van der Waals surface area (Å²) in [7, 11) is 1.04. The summed E-state index contributed by atoms with van der Waals surface area (Å²) < 4.78 is 16.9. The summed E-state index contributed by atoms with van der Waals surface area (Å²) in [5.74, 6) is 5.80. The van der Waals surface area contributed by atoms with Crippen LogP contribution in [0.1, 0.15) is 40.5 Å². The van der Waals surface area contributed by atoms with Crippen molar-refractivity contribution in [1.82, 2.24) is 0 Å². The molecule has 0 spiro atoms. The number of aliphatic hydroxyl groups excluding tert-OH is 2. The number of ether oxygens (including phenoxy) is 1. The molecule has 1 heterocycles. The van der Waals surface area contributed by atoms with Gasteiger partial charge in [0.15, 0.2) is 0 Å². The van der Waals surface area contributed by atoms with Crippen LogP contribution in [0.25, 0.3) is 0 Å². The smallest absolute Gasteiger partial charge is 0.400 e. The average Bonchev–Trinajstić information content (AvgIpc) is 2.97. The van der Waals surface area contributed by atoms with Crippen LogP contribution in [-0.2, 0) is 14.0 Å². The zero-order chi connectivity index (χ0) is 17.3. The Balaban J connectivity index is 2.02. The lowest BCUT2D eigenvalue weighted by Gasteiger charge is -2.32.